The highest BCUT2D eigenvalue weighted by Gasteiger charge is 2.18. The van der Waals surface area contributed by atoms with Crippen molar-refractivity contribution in [2.24, 2.45) is 5.16 Å². The fraction of sp³-hybridized carbons (Fsp3) is 0.923. The van der Waals surface area contributed by atoms with Crippen molar-refractivity contribution in [1.82, 2.24) is 0 Å². The van der Waals surface area contributed by atoms with Crippen molar-refractivity contribution in [3.8, 4) is 0 Å². The summed E-state index contributed by atoms with van der Waals surface area (Å²) in [5.41, 5.74) is 1.13. The molecule has 0 amide bonds. The Hall–Kier alpha value is -0.570. The molecule has 0 saturated heterocycles. The van der Waals surface area contributed by atoms with Crippen LogP contribution in [-0.4, -0.2) is 23.5 Å². The summed E-state index contributed by atoms with van der Waals surface area (Å²) < 4.78 is 0. The number of hydrogen-bond donors (Lipinski definition) is 1. The van der Waals surface area contributed by atoms with Gasteiger partial charge in [-0.15, -0.1) is 0 Å². The number of rotatable bonds is 9. The molecule has 0 aromatic carbocycles. The molecule has 1 N–H and O–H groups in total. The van der Waals surface area contributed by atoms with Crippen LogP contribution in [0.15, 0.2) is 5.16 Å². The third-order valence-electron chi connectivity index (χ3n) is 3.07. The summed E-state index contributed by atoms with van der Waals surface area (Å²) in [6.07, 6.45) is 11.1. The van der Waals surface area contributed by atoms with E-state index in [-0.39, 0.29) is 12.7 Å². The summed E-state index contributed by atoms with van der Waals surface area (Å²) in [7, 11) is 0. The lowest BCUT2D eigenvalue weighted by molar-refractivity contribution is 0.0390. The van der Waals surface area contributed by atoms with Gasteiger partial charge in [0.25, 0.3) is 0 Å². The lowest BCUT2D eigenvalue weighted by Gasteiger charge is -2.02. The minimum absolute atomic E-state index is 0.0699. The van der Waals surface area contributed by atoms with Crippen LogP contribution in [0.1, 0.15) is 64.7 Å². The molecule has 0 saturated carbocycles. The largest absolute Gasteiger partial charge is 0.392 e. The van der Waals surface area contributed by atoms with Crippen LogP contribution in [0.5, 0.6) is 0 Å². The number of oxime groups is 1. The molecule has 94 valence electrons. The summed E-state index contributed by atoms with van der Waals surface area (Å²) in [4.78, 5) is 5.06. The first-order chi connectivity index (χ1) is 7.86. The van der Waals surface area contributed by atoms with E-state index in [0.29, 0.717) is 0 Å². The van der Waals surface area contributed by atoms with E-state index in [0.717, 1.165) is 18.6 Å². The molecule has 1 aliphatic rings. The van der Waals surface area contributed by atoms with Gasteiger partial charge in [0.2, 0.25) is 0 Å². The zero-order valence-corrected chi connectivity index (χ0v) is 10.5. The molecular formula is C13H25NO2. The van der Waals surface area contributed by atoms with Crippen LogP contribution in [0.2, 0.25) is 0 Å². The van der Waals surface area contributed by atoms with Crippen molar-refractivity contribution in [3.63, 3.8) is 0 Å². The second-order valence-corrected chi connectivity index (χ2v) is 4.64. The third-order valence-corrected chi connectivity index (χ3v) is 3.07. The maximum Gasteiger partial charge on any atom is 0.155 e. The van der Waals surface area contributed by atoms with Gasteiger partial charge in [-0.2, -0.15) is 0 Å². The SMILES string of the molecule is CCCCCCCCCC1=NOC(CO)C1. The maximum absolute atomic E-state index is 8.88. The summed E-state index contributed by atoms with van der Waals surface area (Å²) in [5, 5.41) is 12.9. The van der Waals surface area contributed by atoms with E-state index in [1.165, 1.54) is 44.9 Å². The van der Waals surface area contributed by atoms with Gasteiger partial charge in [0.15, 0.2) is 6.10 Å². The molecule has 0 aliphatic carbocycles. The Balaban J connectivity index is 1.88. The predicted octanol–water partition coefficient (Wildman–Crippen LogP) is 3.26. The molecule has 1 atom stereocenters. The third kappa shape index (κ3) is 5.50. The first kappa shape index (κ1) is 13.5. The van der Waals surface area contributed by atoms with Crippen molar-refractivity contribution in [2.45, 2.75) is 70.8 Å². The molecule has 16 heavy (non-hydrogen) atoms. The summed E-state index contributed by atoms with van der Waals surface area (Å²) in [6, 6.07) is 0. The molecule has 0 aromatic rings. The van der Waals surface area contributed by atoms with Gasteiger partial charge in [0, 0.05) is 6.42 Å². The Labute approximate surface area is 98.9 Å². The van der Waals surface area contributed by atoms with Gasteiger partial charge >= 0.3 is 0 Å². The summed E-state index contributed by atoms with van der Waals surface area (Å²) >= 11 is 0. The van der Waals surface area contributed by atoms with E-state index in [9.17, 15) is 0 Å². The molecular weight excluding hydrogens is 202 g/mol. The molecule has 3 nitrogen and oxygen atoms in total. The normalized spacial score (nSPS) is 19.6. The van der Waals surface area contributed by atoms with E-state index in [2.05, 4.69) is 12.1 Å². The molecule has 0 spiro atoms. The second kappa shape index (κ2) is 8.57. The molecule has 0 radical (unpaired) electrons. The monoisotopic (exact) mass is 227 g/mol. The zero-order chi connectivity index (χ0) is 11.6. The van der Waals surface area contributed by atoms with Crippen LogP contribution in [0.25, 0.3) is 0 Å². The number of aliphatic hydroxyl groups is 1. The van der Waals surface area contributed by atoms with E-state index in [4.69, 9.17) is 9.94 Å². The van der Waals surface area contributed by atoms with Gasteiger partial charge in [-0.25, -0.2) is 0 Å². The number of hydrogen-bond acceptors (Lipinski definition) is 3. The standard InChI is InChI=1S/C13H25NO2/c1-2-3-4-5-6-7-8-9-12-10-13(11-15)16-14-12/h13,15H,2-11H2,1H3. The van der Waals surface area contributed by atoms with Crippen LogP contribution in [0, 0.1) is 0 Å². The van der Waals surface area contributed by atoms with Crippen LogP contribution < -0.4 is 0 Å². The van der Waals surface area contributed by atoms with E-state index in [1.807, 2.05) is 0 Å². The lowest BCUT2D eigenvalue weighted by atomic mass is 10.0. The van der Waals surface area contributed by atoms with Crippen LogP contribution >= 0.6 is 0 Å². The number of nitrogens with zero attached hydrogens (tertiary/aromatic N) is 1. The van der Waals surface area contributed by atoms with Crippen molar-refractivity contribution >= 4 is 5.71 Å². The Morgan fingerprint density at radius 3 is 2.50 bits per heavy atom. The van der Waals surface area contributed by atoms with Gasteiger partial charge in [-0.1, -0.05) is 50.6 Å². The Morgan fingerprint density at radius 2 is 1.88 bits per heavy atom. The van der Waals surface area contributed by atoms with E-state index >= 15 is 0 Å². The fourth-order valence-corrected chi connectivity index (χ4v) is 2.02. The second-order valence-electron chi connectivity index (χ2n) is 4.64. The highest BCUT2D eigenvalue weighted by atomic mass is 16.6. The van der Waals surface area contributed by atoms with Crippen LogP contribution in [0.3, 0.4) is 0 Å². The van der Waals surface area contributed by atoms with Gasteiger partial charge in [0.1, 0.15) is 0 Å². The van der Waals surface area contributed by atoms with Crippen molar-refractivity contribution in [1.29, 1.82) is 0 Å². The number of aliphatic hydroxyl groups excluding tert-OH is 1. The van der Waals surface area contributed by atoms with Gasteiger partial charge in [-0.05, 0) is 12.8 Å². The van der Waals surface area contributed by atoms with E-state index in [1.54, 1.807) is 0 Å². The van der Waals surface area contributed by atoms with Crippen LogP contribution in [0.4, 0.5) is 0 Å². The topological polar surface area (TPSA) is 41.8 Å². The minimum atomic E-state index is -0.0699. The van der Waals surface area contributed by atoms with Crippen LogP contribution in [-0.2, 0) is 4.84 Å². The van der Waals surface area contributed by atoms with E-state index < -0.39 is 0 Å². The Morgan fingerprint density at radius 1 is 1.19 bits per heavy atom. The highest BCUT2D eigenvalue weighted by molar-refractivity contribution is 5.85. The molecule has 0 aromatic heterocycles. The predicted molar refractivity (Wildman–Crippen MR) is 66.6 cm³/mol. The first-order valence-electron chi connectivity index (χ1n) is 6.69. The van der Waals surface area contributed by atoms with Crippen molar-refractivity contribution in [3.05, 3.63) is 0 Å². The zero-order valence-electron chi connectivity index (χ0n) is 10.5. The molecule has 0 fully saturated rings. The average Bonchev–Trinajstić information content (AvgIpc) is 2.76. The maximum atomic E-state index is 8.88. The minimum Gasteiger partial charge on any atom is -0.392 e. The average molecular weight is 227 g/mol. The van der Waals surface area contributed by atoms with Crippen molar-refractivity contribution < 1.29 is 9.94 Å². The molecule has 3 heteroatoms. The molecule has 1 aliphatic heterocycles. The van der Waals surface area contributed by atoms with Gasteiger partial charge in [0.05, 0.1) is 12.3 Å². The van der Waals surface area contributed by atoms with Gasteiger partial charge in [-0.3, -0.25) is 0 Å². The smallest absolute Gasteiger partial charge is 0.155 e. The molecule has 1 unspecified atom stereocenters. The Kier molecular flexibility index (Phi) is 7.23. The Bertz CT molecular complexity index is 204. The van der Waals surface area contributed by atoms with Gasteiger partial charge < -0.3 is 9.94 Å². The fourth-order valence-electron chi connectivity index (χ4n) is 2.02. The van der Waals surface area contributed by atoms with Crippen molar-refractivity contribution in [2.75, 3.05) is 6.61 Å². The molecule has 0 bridgehead atoms. The summed E-state index contributed by atoms with van der Waals surface area (Å²) in [6.45, 7) is 2.33. The molecule has 1 rings (SSSR count). The lowest BCUT2D eigenvalue weighted by Crippen LogP contribution is -2.12. The summed E-state index contributed by atoms with van der Waals surface area (Å²) in [5.74, 6) is 0. The first-order valence-corrected chi connectivity index (χ1v) is 6.69. The number of unbranched alkanes of at least 4 members (excludes halogenated alkanes) is 6. The molecule has 1 heterocycles. The highest BCUT2D eigenvalue weighted by Crippen LogP contribution is 2.15. The quantitative estimate of drug-likeness (QED) is 0.614.